The van der Waals surface area contributed by atoms with Gasteiger partial charge in [-0.3, -0.25) is 14.3 Å². The van der Waals surface area contributed by atoms with E-state index < -0.39 is 0 Å². The van der Waals surface area contributed by atoms with E-state index in [0.717, 1.165) is 51.9 Å². The van der Waals surface area contributed by atoms with Crippen LogP contribution in [0.4, 0.5) is 0 Å². The number of hydrogen-bond donors (Lipinski definition) is 0. The number of nitrogens with zero attached hydrogens (tertiary/aromatic N) is 3. The second-order valence-electron chi connectivity index (χ2n) is 7.25. The molecule has 0 saturated carbocycles. The van der Waals surface area contributed by atoms with E-state index in [4.69, 9.17) is 12.8 Å². The number of terminal acetylenes is 2. The van der Waals surface area contributed by atoms with Crippen molar-refractivity contribution in [1.29, 1.82) is 0 Å². The number of unbranched alkanes of at least 4 members (excludes halogenated alkanes) is 2. The molecule has 24 heavy (non-hydrogen) atoms. The van der Waals surface area contributed by atoms with Crippen LogP contribution in [0, 0.1) is 24.7 Å². The van der Waals surface area contributed by atoms with E-state index in [1.54, 1.807) is 5.70 Å². The van der Waals surface area contributed by atoms with E-state index in [1.165, 1.54) is 43.6 Å². The Morgan fingerprint density at radius 1 is 0.917 bits per heavy atom. The summed E-state index contributed by atoms with van der Waals surface area (Å²) in [6.45, 7) is 13.1. The highest BCUT2D eigenvalue weighted by atomic mass is 15.4. The molecule has 2 rings (SSSR count). The summed E-state index contributed by atoms with van der Waals surface area (Å²) in [6, 6.07) is 0. The number of hydrogen-bond acceptors (Lipinski definition) is 2. The molecular weight excluding hydrogens is 294 g/mol. The normalized spacial score (nSPS) is 22.2. The SMILES string of the molecule is C#CCCCN1CCN(CCCC#C)CC[N+]2(CCC=C2C)CC1. The molecule has 0 N–H and O–H groups in total. The number of allylic oxidation sites excluding steroid dienone is 1. The minimum atomic E-state index is 0.890. The third kappa shape index (κ3) is 5.38. The van der Waals surface area contributed by atoms with Gasteiger partial charge in [0.15, 0.2) is 0 Å². The maximum absolute atomic E-state index is 5.42. The minimum Gasteiger partial charge on any atom is -0.296 e. The summed E-state index contributed by atoms with van der Waals surface area (Å²) in [7, 11) is 0. The van der Waals surface area contributed by atoms with Crippen molar-refractivity contribution in [1.82, 2.24) is 9.80 Å². The first-order valence-corrected chi connectivity index (χ1v) is 9.55. The molecule has 3 nitrogen and oxygen atoms in total. The van der Waals surface area contributed by atoms with Crippen molar-refractivity contribution in [3.05, 3.63) is 11.8 Å². The fourth-order valence-electron chi connectivity index (χ4n) is 4.01. The summed E-state index contributed by atoms with van der Waals surface area (Å²) in [5.41, 5.74) is 1.57. The molecule has 0 radical (unpaired) electrons. The molecule has 0 unspecified atom stereocenters. The molecule has 0 atom stereocenters. The van der Waals surface area contributed by atoms with E-state index in [0.29, 0.717) is 0 Å². The van der Waals surface area contributed by atoms with Crippen molar-refractivity contribution in [2.24, 2.45) is 0 Å². The second kappa shape index (κ2) is 9.90. The smallest absolute Gasteiger partial charge is 0.102 e. The fourth-order valence-corrected chi connectivity index (χ4v) is 4.01. The molecule has 2 aliphatic heterocycles. The predicted octanol–water partition coefficient (Wildman–Crippen LogP) is 2.56. The van der Waals surface area contributed by atoms with Gasteiger partial charge in [0.05, 0.1) is 19.6 Å². The van der Waals surface area contributed by atoms with Crippen molar-refractivity contribution in [2.45, 2.75) is 39.0 Å². The van der Waals surface area contributed by atoms with Gasteiger partial charge in [-0.2, -0.15) is 0 Å². The van der Waals surface area contributed by atoms with Crippen molar-refractivity contribution in [3.63, 3.8) is 0 Å². The highest BCUT2D eigenvalue weighted by Gasteiger charge is 2.34. The van der Waals surface area contributed by atoms with Gasteiger partial charge in [0, 0.05) is 52.4 Å². The second-order valence-corrected chi connectivity index (χ2v) is 7.25. The van der Waals surface area contributed by atoms with Crippen LogP contribution in [0.1, 0.15) is 39.0 Å². The van der Waals surface area contributed by atoms with Crippen LogP contribution in [0.15, 0.2) is 11.8 Å². The van der Waals surface area contributed by atoms with Gasteiger partial charge in [0.25, 0.3) is 0 Å². The van der Waals surface area contributed by atoms with Crippen LogP contribution in [-0.2, 0) is 0 Å². The molecular formula is C21H34N3+. The summed E-state index contributed by atoms with van der Waals surface area (Å²) in [4.78, 5) is 5.25. The minimum absolute atomic E-state index is 0.890. The Hall–Kier alpha value is -1.26. The highest BCUT2D eigenvalue weighted by Crippen LogP contribution is 2.26. The third-order valence-electron chi connectivity index (χ3n) is 5.76. The molecule has 1 fully saturated rings. The summed E-state index contributed by atoms with van der Waals surface area (Å²) in [5, 5.41) is 0. The van der Waals surface area contributed by atoms with Crippen LogP contribution in [0.2, 0.25) is 0 Å². The zero-order chi connectivity index (χ0) is 17.3. The van der Waals surface area contributed by atoms with Gasteiger partial charge in [0.2, 0.25) is 0 Å². The Kier molecular flexibility index (Phi) is 7.86. The molecule has 0 aromatic carbocycles. The molecule has 0 aromatic rings. The Bertz CT molecular complexity index is 462. The average Bonchev–Trinajstić information content (AvgIpc) is 2.97. The topological polar surface area (TPSA) is 6.48 Å². The van der Waals surface area contributed by atoms with Crippen molar-refractivity contribution < 1.29 is 4.48 Å². The Labute approximate surface area is 149 Å². The summed E-state index contributed by atoms with van der Waals surface area (Å²) in [6.07, 6.45) is 18.5. The molecule has 0 aromatic heterocycles. The van der Waals surface area contributed by atoms with Gasteiger partial charge in [-0.15, -0.1) is 24.7 Å². The molecule has 0 aliphatic carbocycles. The summed E-state index contributed by atoms with van der Waals surface area (Å²) < 4.78 is 1.19. The van der Waals surface area contributed by atoms with Crippen LogP contribution in [0.5, 0.6) is 0 Å². The van der Waals surface area contributed by atoms with Crippen LogP contribution >= 0.6 is 0 Å². The van der Waals surface area contributed by atoms with E-state index in [2.05, 4.69) is 34.6 Å². The predicted molar refractivity (Wildman–Crippen MR) is 102 cm³/mol. The van der Waals surface area contributed by atoms with Crippen LogP contribution < -0.4 is 0 Å². The van der Waals surface area contributed by atoms with Crippen LogP contribution in [-0.4, -0.2) is 73.2 Å². The lowest BCUT2D eigenvalue weighted by atomic mass is 10.2. The maximum atomic E-state index is 5.42. The highest BCUT2D eigenvalue weighted by molar-refractivity contribution is 4.96. The number of rotatable bonds is 6. The molecule has 3 heteroatoms. The lowest BCUT2D eigenvalue weighted by molar-refractivity contribution is -0.885. The first-order valence-electron chi connectivity index (χ1n) is 9.55. The summed E-state index contributed by atoms with van der Waals surface area (Å²) >= 11 is 0. The van der Waals surface area contributed by atoms with Gasteiger partial charge >= 0.3 is 0 Å². The average molecular weight is 329 g/mol. The molecule has 0 amide bonds. The molecule has 1 spiro atoms. The molecule has 0 bridgehead atoms. The van der Waals surface area contributed by atoms with Gasteiger partial charge < -0.3 is 0 Å². The van der Waals surface area contributed by atoms with Crippen LogP contribution in [0.25, 0.3) is 0 Å². The van der Waals surface area contributed by atoms with Gasteiger partial charge in [-0.05, 0) is 32.0 Å². The van der Waals surface area contributed by atoms with Crippen molar-refractivity contribution >= 4 is 0 Å². The quantitative estimate of drug-likeness (QED) is 0.420. The Morgan fingerprint density at radius 2 is 1.46 bits per heavy atom. The largest absolute Gasteiger partial charge is 0.296 e. The zero-order valence-corrected chi connectivity index (χ0v) is 15.5. The first kappa shape index (κ1) is 19.1. The monoisotopic (exact) mass is 328 g/mol. The van der Waals surface area contributed by atoms with E-state index >= 15 is 0 Å². The lowest BCUT2D eigenvalue weighted by Crippen LogP contribution is -2.51. The Balaban J connectivity index is 2.00. The molecule has 2 heterocycles. The van der Waals surface area contributed by atoms with E-state index in [1.807, 2.05) is 0 Å². The zero-order valence-electron chi connectivity index (χ0n) is 15.5. The van der Waals surface area contributed by atoms with E-state index in [9.17, 15) is 0 Å². The Morgan fingerprint density at radius 3 is 1.88 bits per heavy atom. The maximum Gasteiger partial charge on any atom is 0.102 e. The van der Waals surface area contributed by atoms with Crippen molar-refractivity contribution in [2.75, 3.05) is 58.9 Å². The van der Waals surface area contributed by atoms with Crippen LogP contribution in [0.3, 0.4) is 0 Å². The molecule has 2 aliphatic rings. The van der Waals surface area contributed by atoms with Gasteiger partial charge in [-0.1, -0.05) is 0 Å². The first-order chi connectivity index (χ1) is 11.7. The number of quaternary nitrogens is 1. The summed E-state index contributed by atoms with van der Waals surface area (Å²) in [5.74, 6) is 5.55. The standard InChI is InChI=1S/C21H34N3/c1-4-6-8-12-22-14-15-23(13-9-7-5-2)17-20-24(19-16-22)18-10-11-21(24)3/h1-2,11H,6-10,12-20H2,3H3/q+1. The lowest BCUT2D eigenvalue weighted by Gasteiger charge is -2.37. The fraction of sp³-hybridized carbons (Fsp3) is 0.714. The van der Waals surface area contributed by atoms with E-state index in [-0.39, 0.29) is 0 Å². The van der Waals surface area contributed by atoms with Crippen molar-refractivity contribution in [3.8, 4) is 24.7 Å². The molecule has 1 saturated heterocycles. The molecule has 132 valence electrons. The third-order valence-corrected chi connectivity index (χ3v) is 5.76. The van der Waals surface area contributed by atoms with Gasteiger partial charge in [-0.25, -0.2) is 0 Å². The van der Waals surface area contributed by atoms with Gasteiger partial charge in [0.1, 0.15) is 5.70 Å².